The number of anilines is 1. The summed E-state index contributed by atoms with van der Waals surface area (Å²) in [6, 6.07) is 12.8. The van der Waals surface area contributed by atoms with E-state index >= 15 is 0 Å². The van der Waals surface area contributed by atoms with Crippen LogP contribution in [0.5, 0.6) is 11.5 Å². The lowest BCUT2D eigenvalue weighted by atomic mass is 10.3. The Hall–Kier alpha value is -1.19. The molecular formula is C12H9BrClNO. The standard InChI is InChI=1S/C12H9BrClNO/c13-8-3-1-4-9(7-8)16-12-10(14)5-2-6-11(12)15/h1-7H,15H2. The molecule has 0 spiro atoms. The third kappa shape index (κ3) is 2.49. The quantitative estimate of drug-likeness (QED) is 0.830. The predicted molar refractivity (Wildman–Crippen MR) is 70.1 cm³/mol. The minimum Gasteiger partial charge on any atom is -0.454 e. The van der Waals surface area contributed by atoms with E-state index in [9.17, 15) is 0 Å². The Morgan fingerprint density at radius 2 is 1.88 bits per heavy atom. The van der Waals surface area contributed by atoms with E-state index < -0.39 is 0 Å². The molecular weight excluding hydrogens is 289 g/mol. The Bertz CT molecular complexity index is 496. The van der Waals surface area contributed by atoms with Crippen LogP contribution in [0, 0.1) is 0 Å². The normalized spacial score (nSPS) is 10.1. The Morgan fingerprint density at radius 1 is 1.12 bits per heavy atom. The third-order valence-electron chi connectivity index (χ3n) is 2.01. The average Bonchev–Trinajstić information content (AvgIpc) is 2.24. The van der Waals surface area contributed by atoms with Crippen LogP contribution in [0.1, 0.15) is 0 Å². The first kappa shape index (κ1) is 11.3. The Labute approximate surface area is 107 Å². The van der Waals surface area contributed by atoms with Crippen molar-refractivity contribution >= 4 is 33.2 Å². The minimum absolute atomic E-state index is 0.488. The summed E-state index contributed by atoms with van der Waals surface area (Å²) < 4.78 is 6.57. The molecule has 0 aliphatic carbocycles. The number of nitrogens with two attached hydrogens (primary N) is 1. The van der Waals surface area contributed by atoms with Gasteiger partial charge in [-0.25, -0.2) is 0 Å². The zero-order valence-corrected chi connectivity index (χ0v) is 10.6. The maximum Gasteiger partial charge on any atom is 0.168 e. The lowest BCUT2D eigenvalue weighted by Gasteiger charge is -2.10. The minimum atomic E-state index is 0.488. The van der Waals surface area contributed by atoms with Crippen molar-refractivity contribution in [2.24, 2.45) is 0 Å². The summed E-state index contributed by atoms with van der Waals surface area (Å²) in [6.45, 7) is 0. The second-order valence-electron chi connectivity index (χ2n) is 3.22. The van der Waals surface area contributed by atoms with Crippen molar-refractivity contribution in [3.05, 3.63) is 52.0 Å². The van der Waals surface area contributed by atoms with Crippen LogP contribution >= 0.6 is 27.5 Å². The zero-order chi connectivity index (χ0) is 11.5. The van der Waals surface area contributed by atoms with Gasteiger partial charge in [-0.1, -0.05) is 39.7 Å². The first-order valence-electron chi connectivity index (χ1n) is 4.64. The van der Waals surface area contributed by atoms with Gasteiger partial charge in [0.25, 0.3) is 0 Å². The maximum atomic E-state index is 6.00. The summed E-state index contributed by atoms with van der Waals surface area (Å²) in [7, 11) is 0. The van der Waals surface area contributed by atoms with Crippen LogP contribution < -0.4 is 10.5 Å². The summed E-state index contributed by atoms with van der Waals surface area (Å²) in [4.78, 5) is 0. The number of nitrogen functional groups attached to an aromatic ring is 1. The largest absolute Gasteiger partial charge is 0.454 e. The highest BCUT2D eigenvalue weighted by atomic mass is 79.9. The fourth-order valence-corrected chi connectivity index (χ4v) is 1.88. The number of benzene rings is 2. The van der Waals surface area contributed by atoms with E-state index in [0.29, 0.717) is 22.2 Å². The monoisotopic (exact) mass is 297 g/mol. The number of halogens is 2. The molecule has 0 radical (unpaired) electrons. The average molecular weight is 299 g/mol. The van der Waals surface area contributed by atoms with Gasteiger partial charge < -0.3 is 10.5 Å². The van der Waals surface area contributed by atoms with Gasteiger partial charge in [-0.2, -0.15) is 0 Å². The van der Waals surface area contributed by atoms with E-state index in [4.69, 9.17) is 22.1 Å². The maximum absolute atomic E-state index is 6.00. The van der Waals surface area contributed by atoms with Crippen molar-refractivity contribution in [3.63, 3.8) is 0 Å². The van der Waals surface area contributed by atoms with E-state index in [1.165, 1.54) is 0 Å². The molecule has 2 N–H and O–H groups in total. The summed E-state index contributed by atoms with van der Waals surface area (Å²) in [5, 5.41) is 0.500. The molecule has 0 atom stereocenters. The summed E-state index contributed by atoms with van der Waals surface area (Å²) in [5.74, 6) is 1.18. The molecule has 0 aliphatic rings. The Kier molecular flexibility index (Phi) is 3.36. The van der Waals surface area contributed by atoms with Gasteiger partial charge >= 0.3 is 0 Å². The van der Waals surface area contributed by atoms with Crippen molar-refractivity contribution < 1.29 is 4.74 Å². The van der Waals surface area contributed by atoms with Crippen molar-refractivity contribution in [3.8, 4) is 11.5 Å². The molecule has 0 heterocycles. The van der Waals surface area contributed by atoms with E-state index in [2.05, 4.69) is 15.9 Å². The summed E-state index contributed by atoms with van der Waals surface area (Å²) in [5.41, 5.74) is 6.31. The number of rotatable bonds is 2. The molecule has 0 aromatic heterocycles. The third-order valence-corrected chi connectivity index (χ3v) is 2.80. The van der Waals surface area contributed by atoms with E-state index in [1.807, 2.05) is 24.3 Å². The molecule has 0 aliphatic heterocycles. The second kappa shape index (κ2) is 4.76. The van der Waals surface area contributed by atoms with Gasteiger partial charge in [0.1, 0.15) is 5.75 Å². The molecule has 2 rings (SSSR count). The van der Waals surface area contributed by atoms with Crippen molar-refractivity contribution in [1.82, 2.24) is 0 Å². The highest BCUT2D eigenvalue weighted by Gasteiger charge is 2.06. The predicted octanol–water partition coefficient (Wildman–Crippen LogP) is 4.48. The molecule has 2 aromatic rings. The first-order chi connectivity index (χ1) is 7.66. The molecule has 2 aromatic carbocycles. The first-order valence-corrected chi connectivity index (χ1v) is 5.81. The van der Waals surface area contributed by atoms with Gasteiger partial charge in [-0.3, -0.25) is 0 Å². The van der Waals surface area contributed by atoms with E-state index in [1.54, 1.807) is 18.2 Å². The fraction of sp³-hybridized carbons (Fsp3) is 0. The van der Waals surface area contributed by atoms with Gasteiger partial charge in [0.15, 0.2) is 5.75 Å². The molecule has 0 bridgehead atoms. The number of hydrogen-bond acceptors (Lipinski definition) is 2. The molecule has 0 saturated heterocycles. The molecule has 0 fully saturated rings. The fourth-order valence-electron chi connectivity index (χ4n) is 1.28. The topological polar surface area (TPSA) is 35.2 Å². The van der Waals surface area contributed by atoms with Crippen LogP contribution in [0.2, 0.25) is 5.02 Å². The van der Waals surface area contributed by atoms with Crippen molar-refractivity contribution in [1.29, 1.82) is 0 Å². The molecule has 4 heteroatoms. The van der Waals surface area contributed by atoms with Gasteiger partial charge in [0, 0.05) is 4.47 Å². The van der Waals surface area contributed by atoms with Crippen molar-refractivity contribution in [2.45, 2.75) is 0 Å². The second-order valence-corrected chi connectivity index (χ2v) is 4.54. The highest BCUT2D eigenvalue weighted by Crippen LogP contribution is 2.35. The SMILES string of the molecule is Nc1cccc(Cl)c1Oc1cccc(Br)c1. The Morgan fingerprint density at radius 3 is 2.56 bits per heavy atom. The summed E-state index contributed by atoms with van der Waals surface area (Å²) >= 11 is 9.37. The van der Waals surface area contributed by atoms with Crippen LogP contribution in [-0.4, -0.2) is 0 Å². The van der Waals surface area contributed by atoms with Gasteiger partial charge in [0.05, 0.1) is 10.7 Å². The number of para-hydroxylation sites is 1. The molecule has 0 saturated carbocycles. The van der Waals surface area contributed by atoms with Crippen LogP contribution in [0.3, 0.4) is 0 Å². The highest BCUT2D eigenvalue weighted by molar-refractivity contribution is 9.10. The number of ether oxygens (including phenoxy) is 1. The molecule has 2 nitrogen and oxygen atoms in total. The molecule has 16 heavy (non-hydrogen) atoms. The van der Waals surface area contributed by atoms with E-state index in [-0.39, 0.29) is 0 Å². The van der Waals surface area contributed by atoms with Crippen LogP contribution in [0.4, 0.5) is 5.69 Å². The zero-order valence-electron chi connectivity index (χ0n) is 8.28. The molecule has 0 amide bonds. The molecule has 0 unspecified atom stereocenters. The van der Waals surface area contributed by atoms with Gasteiger partial charge in [-0.15, -0.1) is 0 Å². The van der Waals surface area contributed by atoms with Gasteiger partial charge in [0.2, 0.25) is 0 Å². The van der Waals surface area contributed by atoms with Gasteiger partial charge in [-0.05, 0) is 30.3 Å². The van der Waals surface area contributed by atoms with Crippen LogP contribution in [0.25, 0.3) is 0 Å². The lowest BCUT2D eigenvalue weighted by molar-refractivity contribution is 0.485. The lowest BCUT2D eigenvalue weighted by Crippen LogP contribution is -1.92. The summed E-state index contributed by atoms with van der Waals surface area (Å²) in [6.07, 6.45) is 0. The Balaban J connectivity index is 2.34. The molecule has 82 valence electrons. The van der Waals surface area contributed by atoms with Crippen LogP contribution in [-0.2, 0) is 0 Å². The smallest absolute Gasteiger partial charge is 0.168 e. The number of hydrogen-bond donors (Lipinski definition) is 1. The van der Waals surface area contributed by atoms with E-state index in [0.717, 1.165) is 4.47 Å². The van der Waals surface area contributed by atoms with Crippen LogP contribution in [0.15, 0.2) is 46.9 Å². The van der Waals surface area contributed by atoms with Crippen molar-refractivity contribution in [2.75, 3.05) is 5.73 Å².